The van der Waals surface area contributed by atoms with Crippen LogP contribution in [0.25, 0.3) is 0 Å². The third-order valence-electron chi connectivity index (χ3n) is 1.91. The highest BCUT2D eigenvalue weighted by Gasteiger charge is 2.11. The van der Waals surface area contributed by atoms with Crippen LogP contribution in [0.2, 0.25) is 0 Å². The Morgan fingerprint density at radius 1 is 1.31 bits per heavy atom. The second-order valence-electron chi connectivity index (χ2n) is 3.90. The number of hydrogen-bond acceptors (Lipinski definition) is 3. The normalized spacial score (nSPS) is 11.3. The van der Waals surface area contributed by atoms with Crippen molar-refractivity contribution in [1.29, 1.82) is 0 Å². The molecule has 0 aliphatic rings. The summed E-state index contributed by atoms with van der Waals surface area (Å²) >= 11 is 4.40. The van der Waals surface area contributed by atoms with Crippen LogP contribution < -0.4 is 9.04 Å². The van der Waals surface area contributed by atoms with E-state index in [0.29, 0.717) is 0 Å². The molecule has 2 nitrogen and oxygen atoms in total. The van der Waals surface area contributed by atoms with Gasteiger partial charge in [-0.25, -0.2) is 0 Å². The molecule has 0 bridgehead atoms. The third kappa shape index (κ3) is 4.91. The van der Waals surface area contributed by atoms with Gasteiger partial charge >= 0.3 is 0 Å². The Balaban J connectivity index is 2.68. The van der Waals surface area contributed by atoms with Crippen LogP contribution in [0, 0.1) is 0 Å². The SMILES string of the molecule is CCCN(S)c1ccc(OC(C)(P)P)cc1. The summed E-state index contributed by atoms with van der Waals surface area (Å²) in [5, 5.41) is -0.314. The molecule has 0 amide bonds. The minimum atomic E-state index is -0.314. The van der Waals surface area contributed by atoms with Gasteiger partial charge in [-0.1, -0.05) is 38.2 Å². The van der Waals surface area contributed by atoms with Gasteiger partial charge in [0.05, 0.1) is 0 Å². The minimum absolute atomic E-state index is 0.314. The van der Waals surface area contributed by atoms with Crippen LogP contribution in [0.3, 0.4) is 0 Å². The molecular weight excluding hydrogens is 256 g/mol. The highest BCUT2D eigenvalue weighted by atomic mass is 32.1. The fourth-order valence-corrected chi connectivity index (χ4v) is 1.89. The van der Waals surface area contributed by atoms with Crippen LogP contribution in [0.5, 0.6) is 5.75 Å². The fourth-order valence-electron chi connectivity index (χ4n) is 1.28. The average molecular weight is 275 g/mol. The van der Waals surface area contributed by atoms with Gasteiger partial charge in [-0.05, 0) is 37.6 Å². The number of rotatable bonds is 5. The summed E-state index contributed by atoms with van der Waals surface area (Å²) in [6, 6.07) is 7.94. The topological polar surface area (TPSA) is 12.5 Å². The maximum absolute atomic E-state index is 5.68. The smallest absolute Gasteiger partial charge is 0.131 e. The Morgan fingerprint density at radius 3 is 2.31 bits per heavy atom. The van der Waals surface area contributed by atoms with Gasteiger partial charge in [-0.15, -0.1) is 0 Å². The quantitative estimate of drug-likeness (QED) is 0.651. The molecule has 0 radical (unpaired) electrons. The molecule has 2 unspecified atom stereocenters. The van der Waals surface area contributed by atoms with Crippen molar-refractivity contribution in [2.24, 2.45) is 0 Å². The Labute approximate surface area is 108 Å². The molecule has 1 aromatic rings. The molecule has 0 aliphatic carbocycles. The van der Waals surface area contributed by atoms with Gasteiger partial charge in [0.15, 0.2) is 0 Å². The predicted octanol–water partition coefficient (Wildman–Crippen LogP) is 3.55. The number of anilines is 1. The lowest BCUT2D eigenvalue weighted by atomic mass is 10.3. The van der Waals surface area contributed by atoms with Gasteiger partial charge in [0.25, 0.3) is 0 Å². The molecule has 0 fully saturated rings. The molecule has 1 rings (SSSR count). The van der Waals surface area contributed by atoms with Crippen LogP contribution in [-0.2, 0) is 0 Å². The van der Waals surface area contributed by atoms with E-state index in [-0.39, 0.29) is 5.08 Å². The Morgan fingerprint density at radius 2 is 1.88 bits per heavy atom. The highest BCUT2D eigenvalue weighted by Crippen LogP contribution is 2.30. The first-order valence-corrected chi connectivity index (χ1v) is 6.81. The number of ether oxygens (including phenoxy) is 1. The molecule has 0 spiro atoms. The van der Waals surface area contributed by atoms with E-state index in [2.05, 4.69) is 38.2 Å². The van der Waals surface area contributed by atoms with E-state index < -0.39 is 0 Å². The van der Waals surface area contributed by atoms with Crippen LogP contribution in [0.15, 0.2) is 24.3 Å². The maximum atomic E-state index is 5.68. The van der Waals surface area contributed by atoms with E-state index in [9.17, 15) is 0 Å². The van der Waals surface area contributed by atoms with Crippen molar-refractivity contribution in [3.05, 3.63) is 24.3 Å². The predicted molar refractivity (Wildman–Crippen MR) is 81.5 cm³/mol. The lowest BCUT2D eigenvalue weighted by Crippen LogP contribution is -2.14. The van der Waals surface area contributed by atoms with E-state index in [1.54, 1.807) is 0 Å². The van der Waals surface area contributed by atoms with Gasteiger partial charge < -0.3 is 9.04 Å². The molecule has 2 atom stereocenters. The molecule has 0 saturated heterocycles. The molecule has 16 heavy (non-hydrogen) atoms. The van der Waals surface area contributed by atoms with Crippen LogP contribution >= 0.6 is 31.3 Å². The standard InChI is InChI=1S/C11H19NOP2S/c1-3-8-12(16)9-4-6-10(7-5-9)13-11(2,14)15/h4-7,16H,3,8,14-15H2,1-2H3. The largest absolute Gasteiger partial charge is 0.480 e. The zero-order valence-corrected chi connectivity index (χ0v) is 12.9. The molecule has 0 heterocycles. The first-order chi connectivity index (χ1) is 7.42. The van der Waals surface area contributed by atoms with Crippen LogP contribution in [0.1, 0.15) is 20.3 Å². The van der Waals surface area contributed by atoms with E-state index in [0.717, 1.165) is 24.4 Å². The number of benzene rings is 1. The lowest BCUT2D eigenvalue weighted by Gasteiger charge is -2.22. The van der Waals surface area contributed by atoms with Crippen molar-refractivity contribution < 1.29 is 4.74 Å². The molecule has 1 aromatic carbocycles. The fraction of sp³-hybridized carbons (Fsp3) is 0.455. The molecule has 0 aliphatic heterocycles. The molecule has 0 saturated carbocycles. The summed E-state index contributed by atoms with van der Waals surface area (Å²) in [5.74, 6) is 0.856. The number of nitrogens with zero attached hydrogens (tertiary/aromatic N) is 1. The highest BCUT2D eigenvalue weighted by molar-refractivity contribution is 7.81. The van der Waals surface area contributed by atoms with Gasteiger partial charge in [0.1, 0.15) is 10.8 Å². The molecule has 0 aromatic heterocycles. The summed E-state index contributed by atoms with van der Waals surface area (Å²) in [6.45, 7) is 5.04. The van der Waals surface area contributed by atoms with E-state index in [1.165, 1.54) is 0 Å². The zero-order chi connectivity index (χ0) is 12.2. The van der Waals surface area contributed by atoms with Crippen molar-refractivity contribution in [2.75, 3.05) is 10.8 Å². The summed E-state index contributed by atoms with van der Waals surface area (Å²) < 4.78 is 7.61. The second kappa shape index (κ2) is 6.10. The minimum Gasteiger partial charge on any atom is -0.480 e. The third-order valence-corrected chi connectivity index (χ3v) is 2.57. The first kappa shape index (κ1) is 14.1. The molecule has 0 N–H and O–H groups in total. The van der Waals surface area contributed by atoms with E-state index >= 15 is 0 Å². The van der Waals surface area contributed by atoms with Gasteiger partial charge in [-0.3, -0.25) is 0 Å². The van der Waals surface area contributed by atoms with E-state index in [4.69, 9.17) is 4.74 Å². The molecular formula is C11H19NOP2S. The zero-order valence-electron chi connectivity index (χ0n) is 9.68. The van der Waals surface area contributed by atoms with Crippen molar-refractivity contribution in [1.82, 2.24) is 0 Å². The number of thiol groups is 1. The van der Waals surface area contributed by atoms with Gasteiger partial charge in [0.2, 0.25) is 0 Å². The first-order valence-electron chi connectivity index (χ1n) is 5.25. The molecule has 5 heteroatoms. The lowest BCUT2D eigenvalue weighted by molar-refractivity contribution is 0.275. The van der Waals surface area contributed by atoms with Crippen LogP contribution in [0.4, 0.5) is 5.69 Å². The Bertz CT molecular complexity index is 324. The monoisotopic (exact) mass is 275 g/mol. The maximum Gasteiger partial charge on any atom is 0.131 e. The van der Waals surface area contributed by atoms with Crippen molar-refractivity contribution >= 4 is 37.0 Å². The average Bonchev–Trinajstić information content (AvgIpc) is 2.16. The summed E-state index contributed by atoms with van der Waals surface area (Å²) in [4.78, 5) is 0. The summed E-state index contributed by atoms with van der Waals surface area (Å²) in [5.41, 5.74) is 1.09. The van der Waals surface area contributed by atoms with Crippen molar-refractivity contribution in [3.8, 4) is 5.75 Å². The number of hydrogen-bond donors (Lipinski definition) is 1. The van der Waals surface area contributed by atoms with Crippen molar-refractivity contribution in [2.45, 2.75) is 25.4 Å². The van der Waals surface area contributed by atoms with Gasteiger partial charge in [-0.2, -0.15) is 0 Å². The summed E-state index contributed by atoms with van der Waals surface area (Å²) in [7, 11) is 5.26. The Hall–Kier alpha value is 0.0300. The van der Waals surface area contributed by atoms with E-state index in [1.807, 2.05) is 35.5 Å². The van der Waals surface area contributed by atoms with Gasteiger partial charge in [0, 0.05) is 12.2 Å². The Kier molecular flexibility index (Phi) is 5.37. The summed E-state index contributed by atoms with van der Waals surface area (Å²) in [6.07, 6.45) is 1.08. The van der Waals surface area contributed by atoms with Crippen molar-refractivity contribution in [3.63, 3.8) is 0 Å². The second-order valence-corrected chi connectivity index (χ2v) is 7.35. The van der Waals surface area contributed by atoms with Crippen LogP contribution in [-0.4, -0.2) is 11.6 Å². The molecule has 90 valence electrons.